The second-order valence-corrected chi connectivity index (χ2v) is 7.09. The van der Waals surface area contributed by atoms with Gasteiger partial charge in [-0.25, -0.2) is 0 Å². The van der Waals surface area contributed by atoms with E-state index in [1.54, 1.807) is 0 Å². The Hall–Kier alpha value is -0.570. The van der Waals surface area contributed by atoms with Gasteiger partial charge in [-0.05, 0) is 75.4 Å². The second-order valence-electron chi connectivity index (χ2n) is 6.65. The molecule has 1 unspecified atom stereocenters. The maximum atomic E-state index is 6.02. The quantitative estimate of drug-likeness (QED) is 0.845. The molecule has 2 nitrogen and oxygen atoms in total. The summed E-state index contributed by atoms with van der Waals surface area (Å²) in [5.41, 5.74) is 1.41. The Morgan fingerprint density at radius 1 is 1.14 bits per heavy atom. The topological polar surface area (TPSA) is 15.3 Å². The number of hydrogen-bond acceptors (Lipinski definition) is 2. The van der Waals surface area contributed by atoms with Crippen molar-refractivity contribution in [3.05, 3.63) is 34.9 Å². The number of likely N-dealkylation sites (tertiary alicyclic amines) is 1. The lowest BCUT2D eigenvalue weighted by molar-refractivity contribution is 0.188. The highest BCUT2D eigenvalue weighted by atomic mass is 35.5. The van der Waals surface area contributed by atoms with Crippen LogP contribution < -0.4 is 5.32 Å². The summed E-state index contributed by atoms with van der Waals surface area (Å²) in [6.07, 6.45) is 6.59. The van der Waals surface area contributed by atoms with Crippen LogP contribution in [0.5, 0.6) is 0 Å². The van der Waals surface area contributed by atoms with Gasteiger partial charge in [0.05, 0.1) is 0 Å². The molecule has 1 N–H and O–H groups in total. The third kappa shape index (κ3) is 4.21. The molecule has 116 valence electrons. The highest BCUT2D eigenvalue weighted by Gasteiger charge is 2.34. The third-order valence-corrected chi connectivity index (χ3v) is 5.12. The molecule has 1 saturated carbocycles. The van der Waals surface area contributed by atoms with Crippen molar-refractivity contribution in [2.24, 2.45) is 5.92 Å². The molecule has 2 fully saturated rings. The number of nitrogens with zero attached hydrogens (tertiary/aromatic N) is 1. The molecule has 3 heteroatoms. The Kier molecular flexibility index (Phi) is 5.20. The molecule has 1 heterocycles. The molecule has 0 aromatic heterocycles. The summed E-state index contributed by atoms with van der Waals surface area (Å²) in [5, 5.41) is 4.78. The second kappa shape index (κ2) is 7.13. The number of nitrogens with one attached hydrogen (secondary N) is 1. The minimum atomic E-state index is 0.532. The number of benzene rings is 1. The van der Waals surface area contributed by atoms with E-state index < -0.39 is 0 Å². The number of hydrogen-bond donors (Lipinski definition) is 1. The summed E-state index contributed by atoms with van der Waals surface area (Å²) < 4.78 is 0. The van der Waals surface area contributed by atoms with Crippen molar-refractivity contribution >= 4 is 11.6 Å². The predicted octanol–water partition coefficient (Wildman–Crippen LogP) is 4.26. The van der Waals surface area contributed by atoms with E-state index in [1.165, 1.54) is 57.3 Å². The van der Waals surface area contributed by atoms with E-state index >= 15 is 0 Å². The Morgan fingerprint density at radius 3 is 2.38 bits per heavy atom. The fourth-order valence-corrected chi connectivity index (χ4v) is 3.62. The van der Waals surface area contributed by atoms with Crippen molar-refractivity contribution in [2.45, 2.75) is 51.1 Å². The lowest BCUT2D eigenvalue weighted by Gasteiger charge is -2.34. The van der Waals surface area contributed by atoms with Gasteiger partial charge in [-0.2, -0.15) is 0 Å². The average Bonchev–Trinajstić information content (AvgIpc) is 3.33. The molecule has 1 aliphatic heterocycles. The number of rotatable bonds is 6. The van der Waals surface area contributed by atoms with Crippen LogP contribution in [0.1, 0.15) is 50.6 Å². The van der Waals surface area contributed by atoms with Crippen LogP contribution >= 0.6 is 11.6 Å². The minimum Gasteiger partial charge on any atom is -0.307 e. The summed E-state index contributed by atoms with van der Waals surface area (Å²) in [6, 6.07) is 9.66. The molecular formula is C18H27ClN2. The zero-order valence-electron chi connectivity index (χ0n) is 13.0. The fraction of sp³-hybridized carbons (Fsp3) is 0.667. The molecule has 21 heavy (non-hydrogen) atoms. The monoisotopic (exact) mass is 306 g/mol. The first-order valence-electron chi connectivity index (χ1n) is 8.50. The summed E-state index contributed by atoms with van der Waals surface area (Å²) in [5.74, 6) is 0.833. The first-order valence-corrected chi connectivity index (χ1v) is 8.88. The Morgan fingerprint density at radius 2 is 1.81 bits per heavy atom. The summed E-state index contributed by atoms with van der Waals surface area (Å²) in [6.45, 7) is 6.04. The lowest BCUT2D eigenvalue weighted by atomic mass is 9.98. The van der Waals surface area contributed by atoms with E-state index in [4.69, 9.17) is 11.6 Å². The van der Waals surface area contributed by atoms with Crippen molar-refractivity contribution < 1.29 is 0 Å². The molecule has 1 aromatic rings. The van der Waals surface area contributed by atoms with Crippen LogP contribution in [-0.2, 0) is 0 Å². The summed E-state index contributed by atoms with van der Waals surface area (Å²) in [4.78, 5) is 2.60. The van der Waals surface area contributed by atoms with Gasteiger partial charge in [-0.3, -0.25) is 0 Å². The molecule has 2 aliphatic rings. The van der Waals surface area contributed by atoms with Crippen LogP contribution in [0.15, 0.2) is 24.3 Å². The molecule has 1 atom stereocenters. The number of piperidine rings is 1. The minimum absolute atomic E-state index is 0.532. The van der Waals surface area contributed by atoms with E-state index in [-0.39, 0.29) is 0 Å². The molecule has 1 aromatic carbocycles. The summed E-state index contributed by atoms with van der Waals surface area (Å²) >= 11 is 6.02. The van der Waals surface area contributed by atoms with E-state index in [0.29, 0.717) is 12.1 Å². The summed E-state index contributed by atoms with van der Waals surface area (Å²) in [7, 11) is 0. The molecule has 0 radical (unpaired) electrons. The van der Waals surface area contributed by atoms with Gasteiger partial charge in [-0.1, -0.05) is 30.7 Å². The van der Waals surface area contributed by atoms with Crippen LogP contribution in [0.25, 0.3) is 0 Å². The van der Waals surface area contributed by atoms with Gasteiger partial charge in [0.15, 0.2) is 0 Å². The SMILES string of the molecule is CCCN1CCC(NC(c2ccc(Cl)cc2)C2CC2)CC1. The van der Waals surface area contributed by atoms with Gasteiger partial charge >= 0.3 is 0 Å². The van der Waals surface area contributed by atoms with E-state index in [1.807, 2.05) is 12.1 Å². The van der Waals surface area contributed by atoms with Crippen LogP contribution in [0.3, 0.4) is 0 Å². The van der Waals surface area contributed by atoms with Gasteiger partial charge in [0, 0.05) is 17.1 Å². The van der Waals surface area contributed by atoms with Gasteiger partial charge in [0.2, 0.25) is 0 Å². The van der Waals surface area contributed by atoms with Crippen molar-refractivity contribution in [1.29, 1.82) is 0 Å². The molecular weight excluding hydrogens is 280 g/mol. The van der Waals surface area contributed by atoms with Crippen molar-refractivity contribution in [2.75, 3.05) is 19.6 Å². The van der Waals surface area contributed by atoms with Gasteiger partial charge in [0.25, 0.3) is 0 Å². The molecule has 1 saturated heterocycles. The maximum absolute atomic E-state index is 6.02. The average molecular weight is 307 g/mol. The Labute approximate surface area is 133 Å². The Bertz CT molecular complexity index is 433. The van der Waals surface area contributed by atoms with Crippen molar-refractivity contribution in [3.8, 4) is 0 Å². The fourth-order valence-electron chi connectivity index (χ4n) is 3.50. The molecule has 1 aliphatic carbocycles. The highest BCUT2D eigenvalue weighted by molar-refractivity contribution is 6.30. The largest absolute Gasteiger partial charge is 0.307 e. The first-order chi connectivity index (χ1) is 10.3. The van der Waals surface area contributed by atoms with Crippen LogP contribution in [0.4, 0.5) is 0 Å². The number of halogens is 1. The van der Waals surface area contributed by atoms with Crippen molar-refractivity contribution in [3.63, 3.8) is 0 Å². The van der Waals surface area contributed by atoms with Gasteiger partial charge in [0.1, 0.15) is 0 Å². The predicted molar refractivity (Wildman–Crippen MR) is 89.8 cm³/mol. The third-order valence-electron chi connectivity index (χ3n) is 4.87. The Balaban J connectivity index is 1.58. The van der Waals surface area contributed by atoms with Crippen molar-refractivity contribution in [1.82, 2.24) is 10.2 Å². The molecule has 0 bridgehead atoms. The normalized spacial score (nSPS) is 22.4. The molecule has 0 spiro atoms. The van der Waals surface area contributed by atoms with E-state index in [2.05, 4.69) is 29.3 Å². The molecule has 0 amide bonds. The standard InChI is InChI=1S/C18H27ClN2/c1-2-11-21-12-9-17(10-13-21)20-18(14-3-4-14)15-5-7-16(19)8-6-15/h5-8,14,17-18,20H,2-4,9-13H2,1H3. The highest BCUT2D eigenvalue weighted by Crippen LogP contribution is 2.41. The van der Waals surface area contributed by atoms with Crippen LogP contribution in [-0.4, -0.2) is 30.6 Å². The van der Waals surface area contributed by atoms with E-state index in [0.717, 1.165) is 10.9 Å². The molecule has 3 rings (SSSR count). The van der Waals surface area contributed by atoms with Gasteiger partial charge < -0.3 is 10.2 Å². The zero-order valence-corrected chi connectivity index (χ0v) is 13.8. The smallest absolute Gasteiger partial charge is 0.0406 e. The van der Waals surface area contributed by atoms with Crippen LogP contribution in [0, 0.1) is 5.92 Å². The first kappa shape index (κ1) is 15.3. The lowest BCUT2D eigenvalue weighted by Crippen LogP contribution is -2.44. The maximum Gasteiger partial charge on any atom is 0.0406 e. The van der Waals surface area contributed by atoms with Gasteiger partial charge in [-0.15, -0.1) is 0 Å². The van der Waals surface area contributed by atoms with E-state index in [9.17, 15) is 0 Å². The van der Waals surface area contributed by atoms with Crippen LogP contribution in [0.2, 0.25) is 5.02 Å². The zero-order chi connectivity index (χ0) is 14.7.